The zero-order chi connectivity index (χ0) is 14.0. The minimum atomic E-state index is -0.365. The van der Waals surface area contributed by atoms with Gasteiger partial charge in [0.2, 0.25) is 0 Å². The van der Waals surface area contributed by atoms with Gasteiger partial charge in [0.05, 0.1) is 22.8 Å². The smallest absolute Gasteiger partial charge is 0.328 e. The third kappa shape index (κ3) is 2.93. The molecule has 0 radical (unpaired) electrons. The zero-order valence-electron chi connectivity index (χ0n) is 11.3. The Morgan fingerprint density at radius 3 is 2.68 bits per heavy atom. The number of anilines is 1. The van der Waals surface area contributed by atoms with Crippen molar-refractivity contribution in [1.82, 2.24) is 19.6 Å². The Hall–Kier alpha value is -2.31. The Morgan fingerprint density at radius 1 is 1.42 bits per heavy atom. The Bertz CT molecular complexity index is 599. The summed E-state index contributed by atoms with van der Waals surface area (Å²) in [5.41, 5.74) is 8.61. The van der Waals surface area contributed by atoms with Gasteiger partial charge < -0.3 is 10.5 Å². The number of hydrogen-bond donors (Lipinski definition) is 1. The minimum Gasteiger partial charge on any atom is -0.458 e. The molecule has 7 heteroatoms. The number of rotatable bonds is 4. The lowest BCUT2D eigenvalue weighted by molar-refractivity contribution is -0.146. The standard InChI is InChI=1S/C12H17N5O2/c1-8-12(13)9(2)17(14-8)6-11(18)19-7-10-4-5-16(3)15-10/h4-5H,6-7,13H2,1-3H3. The summed E-state index contributed by atoms with van der Waals surface area (Å²) >= 11 is 0. The molecule has 0 aliphatic heterocycles. The average molecular weight is 263 g/mol. The largest absolute Gasteiger partial charge is 0.458 e. The van der Waals surface area contributed by atoms with Gasteiger partial charge in [0.1, 0.15) is 13.2 Å². The summed E-state index contributed by atoms with van der Waals surface area (Å²) in [6.45, 7) is 3.84. The molecular formula is C12H17N5O2. The van der Waals surface area contributed by atoms with Gasteiger partial charge in [-0.3, -0.25) is 14.2 Å². The number of aryl methyl sites for hydroxylation is 2. The van der Waals surface area contributed by atoms with Crippen molar-refractivity contribution >= 4 is 11.7 Å². The van der Waals surface area contributed by atoms with Crippen molar-refractivity contribution in [3.8, 4) is 0 Å². The van der Waals surface area contributed by atoms with E-state index >= 15 is 0 Å². The Kier molecular flexibility index (Phi) is 3.55. The second kappa shape index (κ2) is 5.13. The van der Waals surface area contributed by atoms with E-state index in [0.717, 1.165) is 11.4 Å². The van der Waals surface area contributed by atoms with Crippen LogP contribution in [0.2, 0.25) is 0 Å². The van der Waals surface area contributed by atoms with Crippen molar-refractivity contribution in [2.45, 2.75) is 27.0 Å². The maximum absolute atomic E-state index is 11.7. The molecule has 102 valence electrons. The number of carbonyl (C=O) groups is 1. The molecule has 0 fully saturated rings. The third-order valence-electron chi connectivity index (χ3n) is 2.87. The van der Waals surface area contributed by atoms with Crippen LogP contribution in [0.1, 0.15) is 17.1 Å². The van der Waals surface area contributed by atoms with E-state index in [9.17, 15) is 4.79 Å². The maximum atomic E-state index is 11.7. The van der Waals surface area contributed by atoms with Crippen LogP contribution in [0.15, 0.2) is 12.3 Å². The summed E-state index contributed by atoms with van der Waals surface area (Å²) in [4.78, 5) is 11.7. The first-order chi connectivity index (χ1) is 8.97. The van der Waals surface area contributed by atoms with E-state index in [1.165, 1.54) is 0 Å². The third-order valence-corrected chi connectivity index (χ3v) is 2.87. The van der Waals surface area contributed by atoms with E-state index < -0.39 is 0 Å². The molecule has 0 saturated carbocycles. The molecule has 0 aliphatic carbocycles. The zero-order valence-corrected chi connectivity index (χ0v) is 11.3. The van der Waals surface area contributed by atoms with Gasteiger partial charge in [0.25, 0.3) is 0 Å². The quantitative estimate of drug-likeness (QED) is 0.814. The van der Waals surface area contributed by atoms with Crippen LogP contribution in [0.4, 0.5) is 5.69 Å². The second-order valence-corrected chi connectivity index (χ2v) is 4.38. The number of nitrogens with zero attached hydrogens (tertiary/aromatic N) is 4. The number of nitrogens with two attached hydrogens (primary N) is 1. The van der Waals surface area contributed by atoms with Crippen LogP contribution in [-0.2, 0) is 29.7 Å². The highest BCUT2D eigenvalue weighted by molar-refractivity contribution is 5.69. The highest BCUT2D eigenvalue weighted by Crippen LogP contribution is 2.14. The van der Waals surface area contributed by atoms with Crippen molar-refractivity contribution in [2.75, 3.05) is 5.73 Å². The predicted octanol–water partition coefficient (Wildman–Crippen LogP) is 0.559. The summed E-state index contributed by atoms with van der Waals surface area (Å²) in [5, 5.41) is 8.30. The van der Waals surface area contributed by atoms with Gasteiger partial charge in [-0.25, -0.2) is 0 Å². The van der Waals surface area contributed by atoms with Crippen LogP contribution >= 0.6 is 0 Å². The maximum Gasteiger partial charge on any atom is 0.328 e. The second-order valence-electron chi connectivity index (χ2n) is 4.38. The molecule has 2 rings (SSSR count). The molecule has 0 aliphatic rings. The summed E-state index contributed by atoms with van der Waals surface area (Å²) in [6.07, 6.45) is 1.80. The van der Waals surface area contributed by atoms with Crippen molar-refractivity contribution in [3.05, 3.63) is 29.3 Å². The summed E-state index contributed by atoms with van der Waals surface area (Å²) < 4.78 is 8.34. The van der Waals surface area contributed by atoms with Crippen LogP contribution in [0.5, 0.6) is 0 Å². The summed E-state index contributed by atoms with van der Waals surface area (Å²) in [7, 11) is 1.81. The van der Waals surface area contributed by atoms with E-state index in [-0.39, 0.29) is 19.1 Å². The predicted molar refractivity (Wildman–Crippen MR) is 69.1 cm³/mol. The van der Waals surface area contributed by atoms with E-state index in [0.29, 0.717) is 11.4 Å². The molecule has 2 N–H and O–H groups in total. The van der Waals surface area contributed by atoms with Gasteiger partial charge in [-0.15, -0.1) is 0 Å². The highest BCUT2D eigenvalue weighted by atomic mass is 16.5. The topological polar surface area (TPSA) is 88.0 Å². The average Bonchev–Trinajstić information content (AvgIpc) is 2.88. The lowest BCUT2D eigenvalue weighted by atomic mass is 10.3. The van der Waals surface area contributed by atoms with Crippen molar-refractivity contribution < 1.29 is 9.53 Å². The van der Waals surface area contributed by atoms with E-state index in [4.69, 9.17) is 10.5 Å². The monoisotopic (exact) mass is 263 g/mol. The molecule has 0 aromatic carbocycles. The summed E-state index contributed by atoms with van der Waals surface area (Å²) in [5.74, 6) is -0.365. The fraction of sp³-hybridized carbons (Fsp3) is 0.417. The fourth-order valence-corrected chi connectivity index (χ4v) is 1.73. The minimum absolute atomic E-state index is 0.0523. The molecule has 19 heavy (non-hydrogen) atoms. The number of ether oxygens (including phenoxy) is 1. The molecule has 0 spiro atoms. The van der Waals surface area contributed by atoms with Gasteiger partial charge in [-0.2, -0.15) is 10.2 Å². The Labute approximate surface area is 111 Å². The molecular weight excluding hydrogens is 246 g/mol. The molecule has 2 heterocycles. The Balaban J connectivity index is 1.92. The van der Waals surface area contributed by atoms with Crippen LogP contribution in [-0.4, -0.2) is 25.5 Å². The molecule has 0 saturated heterocycles. The number of carbonyl (C=O) groups excluding carboxylic acids is 1. The molecule has 2 aromatic heterocycles. The van der Waals surface area contributed by atoms with Crippen LogP contribution < -0.4 is 5.73 Å². The highest BCUT2D eigenvalue weighted by Gasteiger charge is 2.12. The molecule has 0 unspecified atom stereocenters. The van der Waals surface area contributed by atoms with Crippen molar-refractivity contribution in [1.29, 1.82) is 0 Å². The number of aromatic nitrogens is 4. The van der Waals surface area contributed by atoms with Crippen LogP contribution in [0.3, 0.4) is 0 Å². The van der Waals surface area contributed by atoms with Gasteiger partial charge in [-0.05, 0) is 19.9 Å². The lowest BCUT2D eigenvalue weighted by Gasteiger charge is -2.05. The van der Waals surface area contributed by atoms with Gasteiger partial charge in [0.15, 0.2) is 0 Å². The van der Waals surface area contributed by atoms with Gasteiger partial charge in [0, 0.05) is 13.2 Å². The van der Waals surface area contributed by atoms with Crippen molar-refractivity contribution in [2.24, 2.45) is 7.05 Å². The number of hydrogen-bond acceptors (Lipinski definition) is 5. The number of esters is 1. The molecule has 0 bridgehead atoms. The van der Waals surface area contributed by atoms with E-state index in [1.54, 1.807) is 28.6 Å². The number of nitrogen functional groups attached to an aromatic ring is 1. The van der Waals surface area contributed by atoms with E-state index in [1.807, 2.05) is 14.0 Å². The summed E-state index contributed by atoms with van der Waals surface area (Å²) in [6, 6.07) is 1.80. The molecule has 7 nitrogen and oxygen atoms in total. The fourth-order valence-electron chi connectivity index (χ4n) is 1.73. The molecule has 0 atom stereocenters. The first-order valence-corrected chi connectivity index (χ1v) is 5.91. The molecule has 0 amide bonds. The van der Waals surface area contributed by atoms with Gasteiger partial charge in [-0.1, -0.05) is 0 Å². The lowest BCUT2D eigenvalue weighted by Crippen LogP contribution is -2.16. The first kappa shape index (κ1) is 13.1. The SMILES string of the molecule is Cc1nn(CC(=O)OCc2ccn(C)n2)c(C)c1N. The van der Waals surface area contributed by atoms with E-state index in [2.05, 4.69) is 10.2 Å². The first-order valence-electron chi connectivity index (χ1n) is 5.91. The Morgan fingerprint density at radius 2 is 2.16 bits per heavy atom. The molecule has 2 aromatic rings. The van der Waals surface area contributed by atoms with Crippen LogP contribution in [0, 0.1) is 13.8 Å². The normalized spacial score (nSPS) is 10.7. The van der Waals surface area contributed by atoms with Crippen LogP contribution in [0.25, 0.3) is 0 Å². The van der Waals surface area contributed by atoms with Crippen molar-refractivity contribution in [3.63, 3.8) is 0 Å². The van der Waals surface area contributed by atoms with Gasteiger partial charge >= 0.3 is 5.97 Å².